The summed E-state index contributed by atoms with van der Waals surface area (Å²) < 4.78 is 17.8. The number of nitro benzene ring substituents is 1. The van der Waals surface area contributed by atoms with Crippen LogP contribution < -0.4 is 5.32 Å². The highest BCUT2D eigenvalue weighted by molar-refractivity contribution is 5.79. The van der Waals surface area contributed by atoms with Gasteiger partial charge in [-0.1, -0.05) is 24.3 Å². The van der Waals surface area contributed by atoms with Crippen molar-refractivity contribution in [1.82, 2.24) is 0 Å². The van der Waals surface area contributed by atoms with E-state index in [9.17, 15) is 19.3 Å². The summed E-state index contributed by atoms with van der Waals surface area (Å²) >= 11 is 0. The van der Waals surface area contributed by atoms with Crippen LogP contribution in [0.1, 0.15) is 11.5 Å². The summed E-state index contributed by atoms with van der Waals surface area (Å²) in [7, 11) is 1.25. The summed E-state index contributed by atoms with van der Waals surface area (Å²) in [6.45, 7) is 0.0865. The minimum Gasteiger partial charge on any atom is -0.468 e. The van der Waals surface area contributed by atoms with Gasteiger partial charge in [0.15, 0.2) is 0 Å². The van der Waals surface area contributed by atoms with Crippen molar-refractivity contribution >= 4 is 17.3 Å². The van der Waals surface area contributed by atoms with Crippen molar-refractivity contribution in [2.75, 3.05) is 19.0 Å². The van der Waals surface area contributed by atoms with E-state index in [1.54, 1.807) is 18.2 Å². The van der Waals surface area contributed by atoms with Crippen LogP contribution in [0, 0.1) is 15.9 Å². The molecule has 0 aromatic heterocycles. The maximum atomic E-state index is 13.0. The fourth-order valence-electron chi connectivity index (χ4n) is 2.17. The average Bonchev–Trinajstić information content (AvgIpc) is 2.56. The molecule has 0 heterocycles. The zero-order valence-electron chi connectivity index (χ0n) is 12.4. The Morgan fingerprint density at radius 3 is 2.52 bits per heavy atom. The van der Waals surface area contributed by atoms with Crippen molar-refractivity contribution in [2.45, 2.75) is 5.92 Å². The second-order valence-electron chi connectivity index (χ2n) is 4.78. The number of esters is 1. The highest BCUT2D eigenvalue weighted by Gasteiger charge is 2.23. The van der Waals surface area contributed by atoms with Gasteiger partial charge in [0.25, 0.3) is 5.69 Å². The molecule has 120 valence electrons. The van der Waals surface area contributed by atoms with Crippen LogP contribution in [-0.4, -0.2) is 24.5 Å². The Bertz CT molecular complexity index is 703. The Morgan fingerprint density at radius 1 is 1.26 bits per heavy atom. The van der Waals surface area contributed by atoms with Gasteiger partial charge in [0.05, 0.1) is 18.0 Å². The molecular formula is C16H15FN2O4. The summed E-state index contributed by atoms with van der Waals surface area (Å²) in [6, 6.07) is 11.6. The van der Waals surface area contributed by atoms with E-state index in [1.165, 1.54) is 37.4 Å². The molecule has 0 saturated carbocycles. The number of nitrogens with zero attached hydrogens (tertiary/aromatic N) is 1. The Kier molecular flexibility index (Phi) is 5.24. The van der Waals surface area contributed by atoms with Gasteiger partial charge in [-0.25, -0.2) is 4.39 Å². The molecule has 0 radical (unpaired) electrons. The Hall–Kier alpha value is -2.96. The zero-order valence-corrected chi connectivity index (χ0v) is 12.4. The summed E-state index contributed by atoms with van der Waals surface area (Å²) in [5, 5.41) is 13.9. The van der Waals surface area contributed by atoms with E-state index in [0.717, 1.165) is 0 Å². The van der Waals surface area contributed by atoms with Gasteiger partial charge in [-0.15, -0.1) is 0 Å². The fraction of sp³-hybridized carbons (Fsp3) is 0.188. The second-order valence-corrected chi connectivity index (χ2v) is 4.78. The monoisotopic (exact) mass is 318 g/mol. The zero-order chi connectivity index (χ0) is 16.8. The van der Waals surface area contributed by atoms with E-state index in [0.29, 0.717) is 11.3 Å². The SMILES string of the molecule is COC(=O)C(CNc1ccccc1[N+](=O)[O-])c1ccc(F)cc1. The van der Waals surface area contributed by atoms with E-state index in [4.69, 9.17) is 4.74 Å². The number of benzene rings is 2. The number of carbonyl (C=O) groups is 1. The van der Waals surface area contributed by atoms with Gasteiger partial charge in [-0.05, 0) is 23.8 Å². The first-order chi connectivity index (χ1) is 11.0. The summed E-state index contributed by atoms with van der Waals surface area (Å²) in [5.41, 5.74) is 0.771. The lowest BCUT2D eigenvalue weighted by Crippen LogP contribution is -2.22. The van der Waals surface area contributed by atoms with Crippen LogP contribution in [0.25, 0.3) is 0 Å². The highest BCUT2D eigenvalue weighted by Crippen LogP contribution is 2.25. The standard InChI is InChI=1S/C16H15FN2O4/c1-23-16(20)13(11-6-8-12(17)9-7-11)10-18-14-4-2-3-5-15(14)19(21)22/h2-9,13,18H,10H2,1H3. The second kappa shape index (κ2) is 7.35. The van der Waals surface area contributed by atoms with E-state index in [-0.39, 0.29) is 12.2 Å². The Labute approximate surface area is 132 Å². The van der Waals surface area contributed by atoms with E-state index >= 15 is 0 Å². The quantitative estimate of drug-likeness (QED) is 0.503. The summed E-state index contributed by atoms with van der Waals surface area (Å²) in [4.78, 5) is 22.4. The number of para-hydroxylation sites is 2. The topological polar surface area (TPSA) is 81.5 Å². The number of hydrogen-bond acceptors (Lipinski definition) is 5. The molecule has 2 aromatic carbocycles. The number of rotatable bonds is 6. The van der Waals surface area contributed by atoms with E-state index in [2.05, 4.69) is 5.32 Å². The average molecular weight is 318 g/mol. The van der Waals surface area contributed by atoms with E-state index < -0.39 is 22.6 Å². The van der Waals surface area contributed by atoms with Gasteiger partial charge >= 0.3 is 5.97 Å². The molecular weight excluding hydrogens is 303 g/mol. The molecule has 0 aliphatic carbocycles. The van der Waals surface area contributed by atoms with Crippen LogP contribution in [-0.2, 0) is 9.53 Å². The molecule has 0 saturated heterocycles. The number of nitro groups is 1. The van der Waals surface area contributed by atoms with Crippen molar-refractivity contribution in [3.63, 3.8) is 0 Å². The molecule has 0 amide bonds. The molecule has 6 nitrogen and oxygen atoms in total. The molecule has 1 atom stereocenters. The predicted molar refractivity (Wildman–Crippen MR) is 82.7 cm³/mol. The third-order valence-corrected chi connectivity index (χ3v) is 3.36. The van der Waals surface area contributed by atoms with Gasteiger partial charge < -0.3 is 10.1 Å². The molecule has 2 rings (SSSR count). The van der Waals surface area contributed by atoms with Crippen molar-refractivity contribution in [2.24, 2.45) is 0 Å². The molecule has 0 aliphatic heterocycles. The lowest BCUT2D eigenvalue weighted by atomic mass is 9.99. The molecule has 0 fully saturated rings. The number of halogens is 1. The van der Waals surface area contributed by atoms with Gasteiger partial charge in [0.2, 0.25) is 0 Å². The summed E-state index contributed by atoms with van der Waals surface area (Å²) in [6.07, 6.45) is 0. The number of hydrogen-bond donors (Lipinski definition) is 1. The molecule has 2 aromatic rings. The van der Waals surface area contributed by atoms with Crippen LogP contribution in [0.4, 0.5) is 15.8 Å². The smallest absolute Gasteiger partial charge is 0.314 e. The maximum absolute atomic E-state index is 13.0. The highest BCUT2D eigenvalue weighted by atomic mass is 19.1. The van der Waals surface area contributed by atoms with Crippen LogP contribution in [0.2, 0.25) is 0 Å². The molecule has 7 heteroatoms. The number of nitrogens with one attached hydrogen (secondary N) is 1. The van der Waals surface area contributed by atoms with E-state index in [1.807, 2.05) is 0 Å². The van der Waals surface area contributed by atoms with Crippen LogP contribution in [0.5, 0.6) is 0 Å². The number of methoxy groups -OCH3 is 1. The lowest BCUT2D eigenvalue weighted by Gasteiger charge is -2.16. The number of anilines is 1. The third-order valence-electron chi connectivity index (χ3n) is 3.36. The first-order valence-electron chi connectivity index (χ1n) is 6.83. The van der Waals surface area contributed by atoms with Crippen LogP contribution in [0.3, 0.4) is 0 Å². The lowest BCUT2D eigenvalue weighted by molar-refractivity contribution is -0.384. The minimum absolute atomic E-state index is 0.0865. The molecule has 0 bridgehead atoms. The third kappa shape index (κ3) is 4.03. The Morgan fingerprint density at radius 2 is 1.91 bits per heavy atom. The van der Waals surface area contributed by atoms with Crippen molar-refractivity contribution in [3.8, 4) is 0 Å². The molecule has 0 spiro atoms. The van der Waals surface area contributed by atoms with Crippen molar-refractivity contribution in [3.05, 3.63) is 70.0 Å². The van der Waals surface area contributed by atoms with Crippen LogP contribution in [0.15, 0.2) is 48.5 Å². The van der Waals surface area contributed by atoms with Crippen molar-refractivity contribution < 1.29 is 18.8 Å². The van der Waals surface area contributed by atoms with Gasteiger partial charge in [-0.3, -0.25) is 14.9 Å². The maximum Gasteiger partial charge on any atom is 0.314 e. The molecule has 1 unspecified atom stereocenters. The normalized spacial score (nSPS) is 11.6. The predicted octanol–water partition coefficient (Wildman–Crippen LogP) is 3.10. The molecule has 0 aliphatic rings. The van der Waals surface area contributed by atoms with Gasteiger partial charge in [-0.2, -0.15) is 0 Å². The summed E-state index contributed by atoms with van der Waals surface area (Å²) in [5.74, 6) is -1.63. The van der Waals surface area contributed by atoms with Gasteiger partial charge in [0, 0.05) is 12.6 Å². The van der Waals surface area contributed by atoms with Crippen LogP contribution >= 0.6 is 0 Å². The Balaban J connectivity index is 2.21. The fourth-order valence-corrected chi connectivity index (χ4v) is 2.17. The number of ether oxygens (including phenoxy) is 1. The molecule has 23 heavy (non-hydrogen) atoms. The first kappa shape index (κ1) is 16.4. The minimum atomic E-state index is -0.708. The largest absolute Gasteiger partial charge is 0.468 e. The molecule has 1 N–H and O–H groups in total. The number of carbonyl (C=O) groups excluding carboxylic acids is 1. The van der Waals surface area contributed by atoms with Crippen molar-refractivity contribution in [1.29, 1.82) is 0 Å². The van der Waals surface area contributed by atoms with Gasteiger partial charge in [0.1, 0.15) is 11.5 Å². The first-order valence-corrected chi connectivity index (χ1v) is 6.83.